The van der Waals surface area contributed by atoms with Crippen molar-refractivity contribution in [3.63, 3.8) is 0 Å². The molecule has 1 aromatic rings. The fourth-order valence-electron chi connectivity index (χ4n) is 7.27. The van der Waals surface area contributed by atoms with Crippen LogP contribution in [0.15, 0.2) is 22.8 Å². The normalized spacial score (nSPS) is 45.6. The largest absolute Gasteiger partial charge is 0.465 e. The third kappa shape index (κ3) is 2.08. The van der Waals surface area contributed by atoms with E-state index in [1.807, 2.05) is 6.26 Å². The zero-order valence-corrected chi connectivity index (χ0v) is 15.7. The van der Waals surface area contributed by atoms with E-state index in [-0.39, 0.29) is 29.3 Å². The van der Waals surface area contributed by atoms with Gasteiger partial charge in [0.05, 0.1) is 6.26 Å². The van der Waals surface area contributed by atoms with Gasteiger partial charge < -0.3 is 14.3 Å². The number of carbonyl (C=O) groups excluding carboxylic acids is 1. The van der Waals surface area contributed by atoms with Gasteiger partial charge in [-0.1, -0.05) is 13.0 Å². The summed E-state index contributed by atoms with van der Waals surface area (Å²) in [5, 5.41) is 11.3. The summed E-state index contributed by atoms with van der Waals surface area (Å²) in [5.74, 6) is 2.06. The van der Waals surface area contributed by atoms with Gasteiger partial charge in [-0.15, -0.1) is 0 Å². The number of hydrogen-bond acceptors (Lipinski definition) is 4. The van der Waals surface area contributed by atoms with Crippen LogP contribution in [0.5, 0.6) is 0 Å². The Hall–Kier alpha value is -1.55. The molecule has 0 saturated heterocycles. The monoisotopic (exact) mass is 356 g/mol. The van der Waals surface area contributed by atoms with Gasteiger partial charge in [0.2, 0.25) is 0 Å². The Morgan fingerprint density at radius 3 is 3.04 bits per heavy atom. The first-order valence-corrected chi connectivity index (χ1v) is 9.99. The van der Waals surface area contributed by atoms with Crippen LogP contribution in [0.1, 0.15) is 69.6 Å². The predicted octanol–water partition coefficient (Wildman–Crippen LogP) is 4.29. The molecule has 4 aliphatic carbocycles. The minimum absolute atomic E-state index is 0.118. The number of rotatable bonds is 2. The SMILES string of the molecule is CC(=O)OC[C@]1(O)C[C@@]23CC[C@@H]4c5ccoc5C=C[C@@]4(C)[C@H]2CC[C@H]1C3. The molecule has 3 saturated carbocycles. The summed E-state index contributed by atoms with van der Waals surface area (Å²) in [6.45, 7) is 4.00. The van der Waals surface area contributed by atoms with Crippen molar-refractivity contribution >= 4 is 12.0 Å². The fourth-order valence-corrected chi connectivity index (χ4v) is 7.27. The van der Waals surface area contributed by atoms with E-state index in [1.54, 1.807) is 0 Å². The average molecular weight is 356 g/mol. The second-order valence-electron chi connectivity index (χ2n) is 9.48. The van der Waals surface area contributed by atoms with Gasteiger partial charge in [0.25, 0.3) is 0 Å². The predicted molar refractivity (Wildman–Crippen MR) is 97.3 cm³/mol. The fraction of sp³-hybridized carbons (Fsp3) is 0.682. The van der Waals surface area contributed by atoms with E-state index in [0.717, 1.165) is 44.3 Å². The highest BCUT2D eigenvalue weighted by molar-refractivity contribution is 5.66. The molecule has 4 aliphatic rings. The summed E-state index contributed by atoms with van der Waals surface area (Å²) in [7, 11) is 0. The van der Waals surface area contributed by atoms with Gasteiger partial charge in [-0.2, -0.15) is 0 Å². The lowest BCUT2D eigenvalue weighted by Gasteiger charge is -2.58. The average Bonchev–Trinajstić information content (AvgIpc) is 3.14. The maximum absolute atomic E-state index is 11.3. The number of ether oxygens (including phenoxy) is 1. The van der Waals surface area contributed by atoms with Crippen LogP contribution in [-0.2, 0) is 9.53 Å². The highest BCUT2D eigenvalue weighted by Gasteiger charge is 2.65. The Labute approximate surface area is 154 Å². The van der Waals surface area contributed by atoms with Crippen LogP contribution in [0.3, 0.4) is 0 Å². The molecule has 1 aromatic heterocycles. The molecule has 140 valence electrons. The molecule has 1 heterocycles. The van der Waals surface area contributed by atoms with Crippen molar-refractivity contribution in [3.05, 3.63) is 29.7 Å². The number of furan rings is 1. The van der Waals surface area contributed by atoms with Gasteiger partial charge in [0, 0.05) is 12.5 Å². The summed E-state index contributed by atoms with van der Waals surface area (Å²) in [4.78, 5) is 11.3. The Morgan fingerprint density at radius 1 is 1.38 bits per heavy atom. The van der Waals surface area contributed by atoms with Gasteiger partial charge in [0.15, 0.2) is 0 Å². The standard InChI is InChI=1S/C22H28O4/c1-14(23)26-13-22(24)12-21-9-5-17-16-7-10-25-18(16)6-8-20(17,2)19(21)4-3-15(22)11-21/h6-8,10,15,17,19,24H,3-5,9,11-13H2,1-2H3/t15-,17+,19+,20+,21-,22+/m0/s1. The van der Waals surface area contributed by atoms with Gasteiger partial charge in [-0.3, -0.25) is 4.79 Å². The molecule has 0 amide bonds. The molecule has 1 N–H and O–H groups in total. The Morgan fingerprint density at radius 2 is 2.23 bits per heavy atom. The lowest BCUT2D eigenvalue weighted by atomic mass is 9.46. The Bertz CT molecular complexity index is 779. The van der Waals surface area contributed by atoms with Crippen LogP contribution in [0.25, 0.3) is 6.08 Å². The number of hydrogen-bond donors (Lipinski definition) is 1. The van der Waals surface area contributed by atoms with Crippen LogP contribution >= 0.6 is 0 Å². The number of carbonyl (C=O) groups is 1. The van der Waals surface area contributed by atoms with E-state index in [9.17, 15) is 9.90 Å². The van der Waals surface area contributed by atoms with Crippen molar-refractivity contribution in [3.8, 4) is 0 Å². The van der Waals surface area contributed by atoms with Crippen LogP contribution in [0.2, 0.25) is 0 Å². The topological polar surface area (TPSA) is 59.7 Å². The quantitative estimate of drug-likeness (QED) is 0.803. The van der Waals surface area contributed by atoms with Crippen LogP contribution in [-0.4, -0.2) is 23.3 Å². The minimum Gasteiger partial charge on any atom is -0.465 e. The molecular weight excluding hydrogens is 328 g/mol. The smallest absolute Gasteiger partial charge is 0.302 e. The molecule has 3 fully saturated rings. The van der Waals surface area contributed by atoms with Crippen molar-refractivity contribution in [2.45, 2.75) is 63.9 Å². The summed E-state index contributed by atoms with van der Waals surface area (Å²) >= 11 is 0. The lowest BCUT2D eigenvalue weighted by Crippen LogP contribution is -2.49. The van der Waals surface area contributed by atoms with Crippen molar-refractivity contribution in [1.29, 1.82) is 0 Å². The molecule has 0 unspecified atom stereocenters. The van der Waals surface area contributed by atoms with Gasteiger partial charge in [-0.25, -0.2) is 0 Å². The molecule has 4 heteroatoms. The van der Waals surface area contributed by atoms with Gasteiger partial charge in [-0.05, 0) is 79.3 Å². The summed E-state index contributed by atoms with van der Waals surface area (Å²) < 4.78 is 10.9. The highest BCUT2D eigenvalue weighted by atomic mass is 16.5. The van der Waals surface area contributed by atoms with Gasteiger partial charge in [0.1, 0.15) is 18.0 Å². The van der Waals surface area contributed by atoms with Crippen LogP contribution < -0.4 is 0 Å². The molecule has 4 nitrogen and oxygen atoms in total. The molecule has 6 atom stereocenters. The summed E-state index contributed by atoms with van der Waals surface area (Å²) in [6.07, 6.45) is 12.7. The summed E-state index contributed by atoms with van der Waals surface area (Å²) in [6, 6.07) is 2.15. The molecule has 26 heavy (non-hydrogen) atoms. The zero-order chi connectivity index (χ0) is 18.2. The minimum atomic E-state index is -0.844. The van der Waals surface area contributed by atoms with Gasteiger partial charge >= 0.3 is 5.97 Å². The number of allylic oxidation sites excluding steroid dienone is 1. The van der Waals surface area contributed by atoms with E-state index in [0.29, 0.717) is 11.8 Å². The molecule has 2 bridgehead atoms. The molecule has 1 spiro atoms. The van der Waals surface area contributed by atoms with Crippen molar-refractivity contribution in [2.75, 3.05) is 6.61 Å². The first kappa shape index (κ1) is 16.6. The molecule has 5 rings (SSSR count). The van der Waals surface area contributed by atoms with E-state index < -0.39 is 5.60 Å². The first-order chi connectivity index (χ1) is 12.4. The number of aliphatic hydroxyl groups is 1. The molecule has 0 radical (unpaired) electrons. The number of fused-ring (bicyclic) bond motifs is 5. The Kier molecular flexibility index (Phi) is 3.35. The van der Waals surface area contributed by atoms with E-state index in [2.05, 4.69) is 25.1 Å². The summed E-state index contributed by atoms with van der Waals surface area (Å²) in [5.41, 5.74) is 0.810. The van der Waals surface area contributed by atoms with Crippen molar-refractivity contribution < 1.29 is 19.1 Å². The highest BCUT2D eigenvalue weighted by Crippen LogP contribution is 2.71. The second kappa shape index (κ2) is 5.25. The lowest BCUT2D eigenvalue weighted by molar-refractivity contribution is -0.151. The number of esters is 1. The molecule has 0 aliphatic heterocycles. The van der Waals surface area contributed by atoms with Crippen LogP contribution in [0.4, 0.5) is 0 Å². The third-order valence-corrected chi connectivity index (χ3v) is 8.27. The maximum atomic E-state index is 11.3. The van der Waals surface area contributed by atoms with Crippen molar-refractivity contribution in [2.24, 2.45) is 22.7 Å². The van der Waals surface area contributed by atoms with E-state index in [1.165, 1.54) is 12.5 Å². The van der Waals surface area contributed by atoms with Crippen LogP contribution in [0, 0.1) is 22.7 Å². The van der Waals surface area contributed by atoms with E-state index >= 15 is 0 Å². The first-order valence-electron chi connectivity index (χ1n) is 9.99. The Balaban J connectivity index is 1.48. The third-order valence-electron chi connectivity index (χ3n) is 8.27. The molecule has 0 aromatic carbocycles. The second-order valence-corrected chi connectivity index (χ2v) is 9.48. The molecular formula is C22H28O4. The maximum Gasteiger partial charge on any atom is 0.302 e. The van der Waals surface area contributed by atoms with Crippen molar-refractivity contribution in [1.82, 2.24) is 0 Å². The van der Waals surface area contributed by atoms with E-state index in [4.69, 9.17) is 9.15 Å². The zero-order valence-electron chi connectivity index (χ0n) is 15.7.